The molecule has 7 rings (SSSR count). The van der Waals surface area contributed by atoms with Crippen LogP contribution in [0.25, 0.3) is 53.8 Å². The number of pyridine rings is 2. The maximum Gasteiger partial charge on any atom is 0 e. The third-order valence-corrected chi connectivity index (χ3v) is 13.4. The van der Waals surface area contributed by atoms with Gasteiger partial charge in [0, 0.05) is 31.0 Å². The molecule has 0 fully saturated rings. The molecule has 0 bridgehead atoms. The van der Waals surface area contributed by atoms with E-state index >= 15 is 0 Å². The summed E-state index contributed by atoms with van der Waals surface area (Å²) < 4.78 is 4.01. The van der Waals surface area contributed by atoms with Crippen LogP contribution in [0.5, 0.6) is 0 Å². The van der Waals surface area contributed by atoms with Crippen LogP contribution in [-0.4, -0.2) is 23.2 Å². The van der Waals surface area contributed by atoms with E-state index in [4.69, 9.17) is 4.98 Å². The fourth-order valence-electron chi connectivity index (χ4n) is 5.63. The number of thiophene rings is 1. The molecule has 47 heavy (non-hydrogen) atoms. The van der Waals surface area contributed by atoms with Gasteiger partial charge in [0.1, 0.15) is 0 Å². The van der Waals surface area contributed by atoms with Crippen LogP contribution in [0.2, 0.25) is 17.3 Å². The van der Waals surface area contributed by atoms with Gasteiger partial charge in [0.25, 0.3) is 0 Å². The molecular formula is C42H40GeIrN2S-2. The molecule has 2 nitrogen and oxygen atoms in total. The first-order chi connectivity index (χ1) is 22.0. The van der Waals surface area contributed by atoms with E-state index in [1.54, 1.807) is 0 Å². The minimum atomic E-state index is -1.72. The molecule has 0 saturated heterocycles. The minimum absolute atomic E-state index is 0. The fraction of sp³-hybridized carbons (Fsp3) is 0.190. The summed E-state index contributed by atoms with van der Waals surface area (Å²) in [5.41, 5.74) is 8.26. The Bertz CT molecular complexity index is 2070. The molecule has 0 unspecified atom stereocenters. The Morgan fingerprint density at radius 3 is 2.17 bits per heavy atom. The van der Waals surface area contributed by atoms with Gasteiger partial charge >= 0.3 is 99.8 Å². The van der Waals surface area contributed by atoms with Gasteiger partial charge in [-0.05, 0) is 56.9 Å². The summed E-state index contributed by atoms with van der Waals surface area (Å²) in [6.07, 6.45) is 5.01. The van der Waals surface area contributed by atoms with Crippen LogP contribution in [0.4, 0.5) is 0 Å². The largest absolute Gasteiger partial charge is 0 e. The fourth-order valence-corrected chi connectivity index (χ4v) is 8.99. The third-order valence-electron chi connectivity index (χ3n) is 7.97. The quantitative estimate of drug-likeness (QED) is 0.127. The van der Waals surface area contributed by atoms with Crippen LogP contribution < -0.4 is 4.40 Å². The SMILES string of the molecule is CC(C)(C)Cc1ccnc(-c2[c-]ccc3c2sc2ccc(-c4ccccc4)cc23)c1.[CH3][Ge]([CH3])([CH3])[c]1ccc(-c2[c-]cccc2)nc1.[Ir]. The number of hydrogen-bond acceptors (Lipinski definition) is 3. The molecule has 0 aliphatic carbocycles. The number of nitrogens with zero attached hydrogens (tertiary/aromatic N) is 2. The zero-order chi connectivity index (χ0) is 32.3. The van der Waals surface area contributed by atoms with Crippen molar-refractivity contribution in [2.24, 2.45) is 5.41 Å². The first kappa shape index (κ1) is 34.9. The van der Waals surface area contributed by atoms with E-state index in [1.807, 2.05) is 54.1 Å². The topological polar surface area (TPSA) is 25.8 Å². The van der Waals surface area contributed by atoms with Gasteiger partial charge in [-0.1, -0.05) is 74.2 Å². The summed E-state index contributed by atoms with van der Waals surface area (Å²) in [5.74, 6) is 7.14. The van der Waals surface area contributed by atoms with E-state index in [9.17, 15) is 0 Å². The van der Waals surface area contributed by atoms with Crippen molar-refractivity contribution < 1.29 is 20.1 Å². The smallest absolute Gasteiger partial charge is 0 e. The molecule has 7 aromatic rings. The maximum absolute atomic E-state index is 4.70. The Kier molecular flexibility index (Phi) is 11.0. The van der Waals surface area contributed by atoms with Crippen LogP contribution in [0.15, 0.2) is 122 Å². The molecule has 0 spiro atoms. The number of benzene rings is 4. The number of aromatic nitrogens is 2. The molecule has 1 radical (unpaired) electrons. The van der Waals surface area contributed by atoms with Crippen molar-refractivity contribution in [3.05, 3.63) is 139 Å². The summed E-state index contributed by atoms with van der Waals surface area (Å²) in [4.78, 5) is 9.23. The standard InChI is InChI=1S/C28H24NS.C14H16GeN.Ir/c1-28(2,3)18-19-14-15-29-25(16-19)23-11-7-10-22-24-17-21(20-8-5-4-6-9-20)12-13-26(24)30-27(22)23;1-15(2,3)13-9-10-14(16-11-13)12-7-5-4-6-8-12;/h4-10,12-17H,18H2,1-3H3;4-7,9-11H,1-3H3;/q2*-1;. The van der Waals surface area contributed by atoms with Gasteiger partial charge in [0.2, 0.25) is 0 Å². The van der Waals surface area contributed by atoms with E-state index in [1.165, 1.54) is 41.3 Å². The monoisotopic (exact) mass is 871 g/mol. The van der Waals surface area contributed by atoms with Crippen LogP contribution in [-0.2, 0) is 26.5 Å². The van der Waals surface area contributed by atoms with E-state index in [0.717, 1.165) is 28.9 Å². The predicted octanol–water partition coefficient (Wildman–Crippen LogP) is 11.3. The number of rotatable bonds is 5. The number of hydrogen-bond donors (Lipinski definition) is 0. The van der Waals surface area contributed by atoms with Crippen molar-refractivity contribution in [2.45, 2.75) is 44.5 Å². The predicted molar refractivity (Wildman–Crippen MR) is 201 cm³/mol. The van der Waals surface area contributed by atoms with Crippen LogP contribution in [0, 0.1) is 17.5 Å². The molecule has 0 atom stereocenters. The molecular weight excluding hydrogens is 829 g/mol. The van der Waals surface area contributed by atoms with Crippen molar-refractivity contribution in [1.82, 2.24) is 9.97 Å². The van der Waals surface area contributed by atoms with Crippen molar-refractivity contribution in [3.63, 3.8) is 0 Å². The Balaban J connectivity index is 0.000000217. The van der Waals surface area contributed by atoms with Gasteiger partial charge < -0.3 is 4.98 Å². The zero-order valence-corrected chi connectivity index (χ0v) is 33.2. The van der Waals surface area contributed by atoms with Crippen molar-refractivity contribution >= 4 is 49.2 Å². The molecule has 0 saturated carbocycles. The van der Waals surface area contributed by atoms with E-state index in [0.29, 0.717) is 0 Å². The molecule has 3 aromatic heterocycles. The van der Waals surface area contributed by atoms with Gasteiger partial charge in [-0.3, -0.25) is 0 Å². The van der Waals surface area contributed by atoms with Crippen molar-refractivity contribution in [1.29, 1.82) is 0 Å². The number of fused-ring (bicyclic) bond motifs is 3. The minimum Gasteiger partial charge on any atom is 0 e. The molecule has 4 aromatic carbocycles. The van der Waals surface area contributed by atoms with Gasteiger partial charge in [0.15, 0.2) is 0 Å². The average molecular weight is 870 g/mol. The van der Waals surface area contributed by atoms with Gasteiger partial charge in [0.05, 0.1) is 0 Å². The van der Waals surface area contributed by atoms with Crippen LogP contribution in [0.3, 0.4) is 0 Å². The first-order valence-electron chi connectivity index (χ1n) is 15.9. The molecule has 239 valence electrons. The Morgan fingerprint density at radius 1 is 0.702 bits per heavy atom. The zero-order valence-electron chi connectivity index (χ0n) is 27.9. The van der Waals surface area contributed by atoms with E-state index in [-0.39, 0.29) is 25.5 Å². The summed E-state index contributed by atoms with van der Waals surface area (Å²) in [6, 6.07) is 44.9. The molecule has 3 heterocycles. The summed E-state index contributed by atoms with van der Waals surface area (Å²) in [7, 11) is 0. The van der Waals surface area contributed by atoms with Crippen LogP contribution >= 0.6 is 11.3 Å². The van der Waals surface area contributed by atoms with Crippen molar-refractivity contribution in [2.75, 3.05) is 0 Å². The second kappa shape index (κ2) is 14.8. The first-order valence-corrected chi connectivity index (χ1v) is 24.0. The van der Waals surface area contributed by atoms with Crippen LogP contribution in [0.1, 0.15) is 26.3 Å². The van der Waals surface area contributed by atoms with E-state index < -0.39 is 13.3 Å². The summed E-state index contributed by atoms with van der Waals surface area (Å²) in [6.45, 7) is 6.82. The van der Waals surface area contributed by atoms with Gasteiger partial charge in [-0.25, -0.2) is 0 Å². The second-order valence-corrected chi connectivity index (χ2v) is 25.7. The summed E-state index contributed by atoms with van der Waals surface area (Å²) >= 11 is 0.119. The van der Waals surface area contributed by atoms with E-state index in [2.05, 4.69) is 134 Å². The average Bonchev–Trinajstić information content (AvgIpc) is 3.43. The molecule has 0 aliphatic rings. The summed E-state index contributed by atoms with van der Waals surface area (Å²) in [5, 5.41) is 2.59. The third kappa shape index (κ3) is 8.55. The van der Waals surface area contributed by atoms with Gasteiger partial charge in [-0.15, -0.1) is 23.8 Å². The Hall–Kier alpha value is -3.41. The normalized spacial score (nSPS) is 11.5. The molecule has 0 amide bonds. The van der Waals surface area contributed by atoms with Crippen molar-refractivity contribution in [3.8, 4) is 33.6 Å². The Labute approximate surface area is 300 Å². The molecule has 0 aliphatic heterocycles. The van der Waals surface area contributed by atoms with Gasteiger partial charge in [-0.2, -0.15) is 11.3 Å². The molecule has 0 N–H and O–H groups in total. The molecule has 5 heteroatoms. The maximum atomic E-state index is 4.70. The Morgan fingerprint density at radius 2 is 1.49 bits per heavy atom. The second-order valence-electron chi connectivity index (χ2n) is 14.0.